The second-order valence-corrected chi connectivity index (χ2v) is 8.58. The number of aromatic nitrogens is 5. The molecule has 4 aromatic rings. The molecule has 0 atom stereocenters. The molecular weight excluding hydrogens is 446 g/mol. The Morgan fingerprint density at radius 1 is 1.09 bits per heavy atom. The zero-order valence-corrected chi connectivity index (χ0v) is 20.3. The van der Waals surface area contributed by atoms with Gasteiger partial charge < -0.3 is 19.5 Å². The first-order chi connectivity index (χ1) is 17.2. The number of hydrogen-bond acceptors (Lipinski definition) is 8. The van der Waals surface area contributed by atoms with Crippen molar-refractivity contribution in [3.63, 3.8) is 0 Å². The van der Waals surface area contributed by atoms with Crippen molar-refractivity contribution in [3.05, 3.63) is 55.2 Å². The van der Waals surface area contributed by atoms with Gasteiger partial charge >= 0.3 is 0 Å². The summed E-state index contributed by atoms with van der Waals surface area (Å²) in [6.07, 6.45) is 11.3. The van der Waals surface area contributed by atoms with Gasteiger partial charge in [-0.1, -0.05) is 12.1 Å². The fraction of sp³-hybridized carbons (Fsp3) is 0.400. The van der Waals surface area contributed by atoms with Gasteiger partial charge in [0.1, 0.15) is 5.75 Å². The van der Waals surface area contributed by atoms with Crippen LogP contribution in [0, 0.1) is 0 Å². The number of rotatable bonds is 9. The van der Waals surface area contributed by atoms with Crippen LogP contribution in [-0.4, -0.2) is 76.3 Å². The van der Waals surface area contributed by atoms with Gasteiger partial charge in [0.25, 0.3) is 0 Å². The largest absolute Gasteiger partial charge is 0.496 e. The number of ether oxygens (including phenoxy) is 3. The molecular formula is C25H33N7O3. The molecule has 0 saturated carbocycles. The summed E-state index contributed by atoms with van der Waals surface area (Å²) in [4.78, 5) is 11.6. The molecule has 1 N–H and O–H groups in total. The number of nitrogens with zero attached hydrogens (tertiary/aromatic N) is 6. The van der Waals surface area contributed by atoms with Crippen molar-refractivity contribution in [2.45, 2.75) is 25.2 Å². The predicted octanol–water partition coefficient (Wildman–Crippen LogP) is 3.85. The van der Waals surface area contributed by atoms with Gasteiger partial charge in [-0.25, -0.2) is 9.97 Å². The molecule has 0 radical (unpaired) electrons. The highest BCUT2D eigenvalue weighted by Crippen LogP contribution is 2.31. The molecule has 186 valence electrons. The van der Waals surface area contributed by atoms with Crippen molar-refractivity contribution >= 4 is 17.2 Å². The number of piperidine rings is 1. The third kappa shape index (κ3) is 4.86. The summed E-state index contributed by atoms with van der Waals surface area (Å²) in [7, 11) is 5.03. The molecule has 35 heavy (non-hydrogen) atoms. The Morgan fingerprint density at radius 2 is 1.89 bits per heavy atom. The number of para-hydroxylation sites is 1. The Balaban J connectivity index is 0.00000304. The van der Waals surface area contributed by atoms with Gasteiger partial charge in [0.2, 0.25) is 0 Å². The van der Waals surface area contributed by atoms with Crippen LogP contribution in [0.2, 0.25) is 0 Å². The number of hydrogen-bond donors (Lipinski definition) is 1. The van der Waals surface area contributed by atoms with Crippen molar-refractivity contribution in [2.24, 2.45) is 0 Å². The maximum absolute atomic E-state index is 5.54. The minimum absolute atomic E-state index is 0. The summed E-state index contributed by atoms with van der Waals surface area (Å²) in [6, 6.07) is 8.25. The molecule has 1 fully saturated rings. The van der Waals surface area contributed by atoms with E-state index in [1.165, 1.54) is 0 Å². The maximum atomic E-state index is 5.54. The Kier molecular flexibility index (Phi) is 6.94. The molecule has 1 aliphatic rings. The predicted molar refractivity (Wildman–Crippen MR) is 135 cm³/mol. The Labute approximate surface area is 205 Å². The highest BCUT2D eigenvalue weighted by atomic mass is 16.7. The fourth-order valence-electron chi connectivity index (χ4n) is 4.62. The van der Waals surface area contributed by atoms with Crippen LogP contribution in [0.3, 0.4) is 0 Å². The first-order valence-electron chi connectivity index (χ1n) is 11.7. The quantitative estimate of drug-likeness (QED) is 0.362. The van der Waals surface area contributed by atoms with Crippen LogP contribution in [0.15, 0.2) is 55.2 Å². The van der Waals surface area contributed by atoms with E-state index in [4.69, 9.17) is 14.2 Å². The molecule has 1 aliphatic heterocycles. The number of methoxy groups -OCH3 is 3. The second-order valence-electron chi connectivity index (χ2n) is 8.58. The first-order valence-corrected chi connectivity index (χ1v) is 11.7. The average Bonchev–Trinajstić information content (AvgIpc) is 3.58. The van der Waals surface area contributed by atoms with E-state index in [1.807, 2.05) is 53.5 Å². The van der Waals surface area contributed by atoms with Crippen molar-refractivity contribution in [1.82, 2.24) is 29.0 Å². The maximum Gasteiger partial charge on any atom is 0.180 e. The lowest BCUT2D eigenvalue weighted by molar-refractivity contribution is -0.118. The first kappa shape index (κ1) is 23.3. The second kappa shape index (κ2) is 10.4. The molecule has 0 bridgehead atoms. The van der Waals surface area contributed by atoms with Crippen LogP contribution in [0.1, 0.15) is 20.3 Å². The van der Waals surface area contributed by atoms with E-state index in [-0.39, 0.29) is 7.72 Å². The van der Waals surface area contributed by atoms with Gasteiger partial charge in [0.05, 0.1) is 36.9 Å². The molecule has 0 amide bonds. The van der Waals surface area contributed by atoms with Crippen LogP contribution in [0.4, 0.5) is 11.5 Å². The number of fused-ring (bicyclic) bond motifs is 1. The zero-order chi connectivity index (χ0) is 24.2. The van der Waals surface area contributed by atoms with Crippen molar-refractivity contribution in [2.75, 3.05) is 46.3 Å². The summed E-state index contributed by atoms with van der Waals surface area (Å²) < 4.78 is 20.3. The van der Waals surface area contributed by atoms with E-state index in [1.54, 1.807) is 27.5 Å². The SMILES string of the molecule is COc1ccccc1-c1cnc(Nc2cnn(C3CCN(CC(OC)OC)CC3)c2)c2nccn12.[HH]. The summed E-state index contributed by atoms with van der Waals surface area (Å²) >= 11 is 0. The van der Waals surface area contributed by atoms with Gasteiger partial charge in [-0.2, -0.15) is 5.10 Å². The molecule has 0 unspecified atom stereocenters. The zero-order valence-electron chi connectivity index (χ0n) is 20.3. The minimum atomic E-state index is -0.187. The lowest BCUT2D eigenvalue weighted by Crippen LogP contribution is -2.40. The molecule has 10 heteroatoms. The van der Waals surface area contributed by atoms with Crippen LogP contribution >= 0.6 is 0 Å². The summed E-state index contributed by atoms with van der Waals surface area (Å²) in [5.41, 5.74) is 3.49. The van der Waals surface area contributed by atoms with Gasteiger partial charge in [-0.15, -0.1) is 0 Å². The number of benzene rings is 1. The van der Waals surface area contributed by atoms with Gasteiger partial charge in [-0.3, -0.25) is 14.0 Å². The van der Waals surface area contributed by atoms with E-state index < -0.39 is 0 Å². The average molecular weight is 480 g/mol. The third-order valence-corrected chi connectivity index (χ3v) is 6.54. The van der Waals surface area contributed by atoms with Gasteiger partial charge in [-0.05, 0) is 25.0 Å². The summed E-state index contributed by atoms with van der Waals surface area (Å²) in [5.74, 6) is 1.46. The van der Waals surface area contributed by atoms with Crippen molar-refractivity contribution in [3.8, 4) is 17.0 Å². The Hall–Kier alpha value is -3.47. The number of anilines is 2. The summed E-state index contributed by atoms with van der Waals surface area (Å²) in [6.45, 7) is 2.75. The molecule has 3 aromatic heterocycles. The topological polar surface area (TPSA) is 91.0 Å². The minimum Gasteiger partial charge on any atom is -0.496 e. The lowest BCUT2D eigenvalue weighted by atomic mass is 10.1. The van der Waals surface area contributed by atoms with Crippen molar-refractivity contribution in [1.29, 1.82) is 0 Å². The molecule has 1 saturated heterocycles. The number of nitrogens with one attached hydrogen (secondary N) is 1. The van der Waals surface area contributed by atoms with E-state index >= 15 is 0 Å². The molecule has 10 nitrogen and oxygen atoms in total. The molecule has 5 rings (SSSR count). The van der Waals surface area contributed by atoms with Crippen LogP contribution in [-0.2, 0) is 9.47 Å². The molecule has 0 aliphatic carbocycles. The highest BCUT2D eigenvalue weighted by Gasteiger charge is 2.23. The van der Waals surface area contributed by atoms with Gasteiger partial charge in [0.15, 0.2) is 17.8 Å². The standard InChI is InChI=1S/C25H31N7O3.H2/c1-33-22-7-5-4-6-20(22)21-15-27-24(25-26-10-13-31(21)25)29-18-14-28-32(16-18)19-8-11-30(12-9-19)17-23(34-2)35-3;/h4-7,10,13-16,19,23H,8-9,11-12,17H2,1-3H3,(H,27,29);1H. The molecule has 1 aromatic carbocycles. The van der Waals surface area contributed by atoms with Gasteiger partial charge in [0, 0.05) is 59.4 Å². The monoisotopic (exact) mass is 479 g/mol. The normalized spacial score (nSPS) is 15.2. The lowest BCUT2D eigenvalue weighted by Gasteiger charge is -2.33. The smallest absolute Gasteiger partial charge is 0.180 e. The van der Waals surface area contributed by atoms with Crippen LogP contribution < -0.4 is 10.1 Å². The van der Waals surface area contributed by atoms with Crippen LogP contribution in [0.25, 0.3) is 16.9 Å². The fourth-order valence-corrected chi connectivity index (χ4v) is 4.62. The van der Waals surface area contributed by atoms with E-state index in [2.05, 4.69) is 30.0 Å². The summed E-state index contributed by atoms with van der Waals surface area (Å²) in [5, 5.41) is 8.02. The number of likely N-dealkylation sites (tertiary alicyclic amines) is 1. The van der Waals surface area contributed by atoms with Crippen molar-refractivity contribution < 1.29 is 15.6 Å². The van der Waals surface area contributed by atoms with Crippen LogP contribution in [0.5, 0.6) is 5.75 Å². The van der Waals surface area contributed by atoms with E-state index in [0.29, 0.717) is 11.9 Å². The number of imidazole rings is 1. The Bertz CT molecular complexity index is 1270. The third-order valence-electron chi connectivity index (χ3n) is 6.54. The molecule has 4 heterocycles. The Morgan fingerprint density at radius 3 is 2.66 bits per heavy atom. The van der Waals surface area contributed by atoms with E-state index in [0.717, 1.165) is 60.8 Å². The molecule has 0 spiro atoms. The highest BCUT2D eigenvalue weighted by molar-refractivity contribution is 5.75. The van der Waals surface area contributed by atoms with E-state index in [9.17, 15) is 0 Å².